The van der Waals surface area contributed by atoms with Crippen LogP contribution in [0.5, 0.6) is 0 Å². The van der Waals surface area contributed by atoms with Gasteiger partial charge in [0.15, 0.2) is 0 Å². The summed E-state index contributed by atoms with van der Waals surface area (Å²) in [7, 11) is 0. The molecule has 0 fully saturated rings. The number of benzene rings is 1. The number of carboxylic acids is 1. The Balaban J connectivity index is 2.56. The number of H-pyrrole nitrogens is 1. The summed E-state index contributed by atoms with van der Waals surface area (Å²) in [5.74, 6) is -1.16. The zero-order valence-corrected chi connectivity index (χ0v) is 11.6. The molecule has 0 saturated heterocycles. The van der Waals surface area contributed by atoms with E-state index >= 15 is 0 Å². The Morgan fingerprint density at radius 2 is 2.00 bits per heavy atom. The molecule has 0 amide bonds. The van der Waals surface area contributed by atoms with Crippen molar-refractivity contribution in [2.45, 2.75) is 18.6 Å². The quantitative estimate of drug-likeness (QED) is 0.632. The number of aromatic carboxylic acids is 1. The van der Waals surface area contributed by atoms with Gasteiger partial charge in [-0.05, 0) is 12.5 Å². The summed E-state index contributed by atoms with van der Waals surface area (Å²) < 4.78 is 0. The molecule has 2 unspecified atom stereocenters. The first-order valence-corrected chi connectivity index (χ1v) is 6.94. The predicted molar refractivity (Wildman–Crippen MR) is 74.6 cm³/mol. The number of carbonyl (C=O) groups is 1. The second kappa shape index (κ2) is 5.73. The monoisotopic (exact) mass is 327 g/mol. The van der Waals surface area contributed by atoms with Gasteiger partial charge >= 0.3 is 5.97 Å². The van der Waals surface area contributed by atoms with Crippen molar-refractivity contribution in [1.29, 1.82) is 0 Å². The minimum Gasteiger partial charge on any atom is -0.477 e. The Morgan fingerprint density at radius 1 is 1.32 bits per heavy atom. The first-order chi connectivity index (χ1) is 9.06. The standard InChI is InChI=1S/C13H14BrNO4/c14-6-5-9(16)12(17)10-7-3-1-2-4-8(7)15-11(10)13(18)19/h1-4,9,12,15-17H,5-6H2,(H,18,19). The van der Waals surface area contributed by atoms with Gasteiger partial charge in [-0.1, -0.05) is 34.1 Å². The highest BCUT2D eigenvalue weighted by molar-refractivity contribution is 9.09. The van der Waals surface area contributed by atoms with Gasteiger partial charge in [0.1, 0.15) is 11.8 Å². The molecule has 0 aliphatic heterocycles. The summed E-state index contributed by atoms with van der Waals surface area (Å²) in [5, 5.41) is 30.4. The van der Waals surface area contributed by atoms with Crippen LogP contribution in [0.2, 0.25) is 0 Å². The number of hydrogen-bond donors (Lipinski definition) is 4. The number of alkyl halides is 1. The second-order valence-electron chi connectivity index (χ2n) is 4.25. The normalized spacial score (nSPS) is 14.5. The van der Waals surface area contributed by atoms with E-state index in [0.717, 1.165) is 0 Å². The molecule has 6 heteroatoms. The molecule has 2 atom stereocenters. The number of hydrogen-bond acceptors (Lipinski definition) is 3. The molecule has 1 aromatic heterocycles. The maximum atomic E-state index is 11.2. The first kappa shape index (κ1) is 14.0. The van der Waals surface area contributed by atoms with E-state index in [2.05, 4.69) is 20.9 Å². The SMILES string of the molecule is O=C(O)c1[nH]c2ccccc2c1C(O)C(O)CCBr. The van der Waals surface area contributed by atoms with Gasteiger partial charge in [-0.3, -0.25) is 0 Å². The molecule has 19 heavy (non-hydrogen) atoms. The Hall–Kier alpha value is -1.37. The van der Waals surface area contributed by atoms with Crippen LogP contribution in [0.15, 0.2) is 24.3 Å². The molecule has 0 saturated carbocycles. The number of aliphatic hydroxyl groups excluding tert-OH is 2. The first-order valence-electron chi connectivity index (χ1n) is 5.82. The topological polar surface area (TPSA) is 93.5 Å². The molecule has 102 valence electrons. The molecule has 0 spiro atoms. The molecule has 1 aromatic carbocycles. The van der Waals surface area contributed by atoms with Crippen LogP contribution in [0.4, 0.5) is 0 Å². The van der Waals surface area contributed by atoms with Crippen LogP contribution in [0, 0.1) is 0 Å². The molecule has 0 bridgehead atoms. The number of para-hydroxylation sites is 1. The third kappa shape index (κ3) is 2.65. The zero-order valence-electron chi connectivity index (χ0n) is 10.0. The minimum atomic E-state index is -1.24. The average Bonchev–Trinajstić information content (AvgIpc) is 2.77. The number of nitrogens with one attached hydrogen (secondary N) is 1. The van der Waals surface area contributed by atoms with Gasteiger partial charge in [0, 0.05) is 21.8 Å². The lowest BCUT2D eigenvalue weighted by molar-refractivity contribution is 0.0172. The molecule has 1 heterocycles. The fourth-order valence-corrected chi connectivity index (χ4v) is 2.57. The van der Waals surface area contributed by atoms with Crippen molar-refractivity contribution in [1.82, 2.24) is 4.98 Å². The minimum absolute atomic E-state index is 0.0812. The lowest BCUT2D eigenvalue weighted by Gasteiger charge is -2.17. The van der Waals surface area contributed by atoms with Crippen LogP contribution in [0.25, 0.3) is 10.9 Å². The Labute approximate surface area is 118 Å². The fourth-order valence-electron chi connectivity index (χ4n) is 2.10. The third-order valence-corrected chi connectivity index (χ3v) is 3.48. The van der Waals surface area contributed by atoms with E-state index in [1.165, 1.54) is 0 Å². The molecule has 2 rings (SSSR count). The molecule has 0 aliphatic carbocycles. The van der Waals surface area contributed by atoms with Gasteiger partial charge in [0.05, 0.1) is 6.10 Å². The van der Waals surface area contributed by atoms with Crippen LogP contribution in [-0.4, -0.2) is 37.7 Å². The van der Waals surface area contributed by atoms with E-state index in [0.29, 0.717) is 22.7 Å². The van der Waals surface area contributed by atoms with Gasteiger partial charge in [-0.15, -0.1) is 0 Å². The number of fused-ring (bicyclic) bond motifs is 1. The molecule has 2 aromatic rings. The van der Waals surface area contributed by atoms with Crippen LogP contribution < -0.4 is 0 Å². The predicted octanol–water partition coefficient (Wildman–Crippen LogP) is 2.05. The van der Waals surface area contributed by atoms with Crippen molar-refractivity contribution < 1.29 is 20.1 Å². The highest BCUT2D eigenvalue weighted by atomic mass is 79.9. The number of rotatable bonds is 5. The van der Waals surface area contributed by atoms with E-state index < -0.39 is 18.2 Å². The number of aromatic amines is 1. The van der Waals surface area contributed by atoms with Crippen LogP contribution in [0.1, 0.15) is 28.6 Å². The second-order valence-corrected chi connectivity index (χ2v) is 5.05. The van der Waals surface area contributed by atoms with Gasteiger partial charge < -0.3 is 20.3 Å². The van der Waals surface area contributed by atoms with Crippen molar-refractivity contribution in [3.63, 3.8) is 0 Å². The van der Waals surface area contributed by atoms with E-state index in [9.17, 15) is 20.1 Å². The number of aromatic nitrogens is 1. The van der Waals surface area contributed by atoms with Gasteiger partial charge in [0.25, 0.3) is 0 Å². The average molecular weight is 328 g/mol. The maximum absolute atomic E-state index is 11.2. The van der Waals surface area contributed by atoms with E-state index in [1.807, 2.05) is 0 Å². The van der Waals surface area contributed by atoms with Crippen LogP contribution in [-0.2, 0) is 0 Å². The largest absolute Gasteiger partial charge is 0.477 e. The lowest BCUT2D eigenvalue weighted by Crippen LogP contribution is -2.20. The van der Waals surface area contributed by atoms with Crippen LogP contribution >= 0.6 is 15.9 Å². The number of halogens is 1. The third-order valence-electron chi connectivity index (χ3n) is 3.03. The van der Waals surface area contributed by atoms with Crippen LogP contribution in [0.3, 0.4) is 0 Å². The zero-order chi connectivity index (χ0) is 14.0. The van der Waals surface area contributed by atoms with E-state index in [-0.39, 0.29) is 11.3 Å². The maximum Gasteiger partial charge on any atom is 0.352 e. The summed E-state index contributed by atoms with van der Waals surface area (Å²) in [6.45, 7) is 0. The molecule has 4 N–H and O–H groups in total. The lowest BCUT2D eigenvalue weighted by atomic mass is 9.99. The van der Waals surface area contributed by atoms with Gasteiger partial charge in [-0.25, -0.2) is 4.79 Å². The van der Waals surface area contributed by atoms with Gasteiger partial charge in [0.2, 0.25) is 0 Å². The summed E-state index contributed by atoms with van der Waals surface area (Å²) in [5.41, 5.74) is 0.777. The molecule has 0 radical (unpaired) electrons. The Bertz CT molecular complexity index is 595. The van der Waals surface area contributed by atoms with Gasteiger partial charge in [-0.2, -0.15) is 0 Å². The molecule has 5 nitrogen and oxygen atoms in total. The highest BCUT2D eigenvalue weighted by Gasteiger charge is 2.27. The molecule has 0 aliphatic rings. The van der Waals surface area contributed by atoms with Crippen molar-refractivity contribution >= 4 is 32.8 Å². The van der Waals surface area contributed by atoms with Crippen molar-refractivity contribution in [3.05, 3.63) is 35.5 Å². The van der Waals surface area contributed by atoms with Crippen molar-refractivity contribution in [3.8, 4) is 0 Å². The molecular formula is C13H14BrNO4. The van der Waals surface area contributed by atoms with E-state index in [1.54, 1.807) is 24.3 Å². The van der Waals surface area contributed by atoms with E-state index in [4.69, 9.17) is 0 Å². The van der Waals surface area contributed by atoms with Crippen molar-refractivity contribution in [2.24, 2.45) is 0 Å². The summed E-state index contributed by atoms with van der Waals surface area (Å²) >= 11 is 3.18. The fraction of sp³-hybridized carbons (Fsp3) is 0.308. The Morgan fingerprint density at radius 3 is 2.63 bits per heavy atom. The highest BCUT2D eigenvalue weighted by Crippen LogP contribution is 2.31. The summed E-state index contributed by atoms with van der Waals surface area (Å²) in [6, 6.07) is 6.98. The molecular weight excluding hydrogens is 314 g/mol. The number of carboxylic acid groups (broad SMARTS) is 1. The Kier molecular flexibility index (Phi) is 4.24. The van der Waals surface area contributed by atoms with Crippen molar-refractivity contribution in [2.75, 3.05) is 5.33 Å². The number of aliphatic hydroxyl groups is 2. The smallest absolute Gasteiger partial charge is 0.352 e. The summed E-state index contributed by atoms with van der Waals surface area (Å²) in [4.78, 5) is 14.0. The summed E-state index contributed by atoms with van der Waals surface area (Å²) in [6.07, 6.45) is -1.92.